The van der Waals surface area contributed by atoms with E-state index in [1.165, 1.54) is 6.07 Å². The first-order chi connectivity index (χ1) is 9.71. The van der Waals surface area contributed by atoms with Crippen molar-refractivity contribution in [3.05, 3.63) is 29.3 Å². The van der Waals surface area contributed by atoms with E-state index in [0.717, 1.165) is 12.8 Å². The predicted molar refractivity (Wildman–Crippen MR) is 80.1 cm³/mol. The number of aryl methyl sites for hydroxylation is 1. The lowest BCUT2D eigenvalue weighted by Gasteiger charge is -2.23. The lowest BCUT2D eigenvalue weighted by molar-refractivity contribution is 0.0206. The van der Waals surface area contributed by atoms with Gasteiger partial charge in [0.25, 0.3) is 15.0 Å². The van der Waals surface area contributed by atoms with E-state index in [9.17, 15) is 13.2 Å². The smallest absolute Gasteiger partial charge is 0.261 e. The molecule has 116 valence electrons. The summed E-state index contributed by atoms with van der Waals surface area (Å²) >= 11 is 0. The number of carbonyl (C=O) groups is 1. The minimum atomic E-state index is -3.86. The molecule has 21 heavy (non-hydrogen) atoms. The summed E-state index contributed by atoms with van der Waals surface area (Å²) in [5, 5.41) is 2.78. The van der Waals surface area contributed by atoms with Crippen LogP contribution >= 0.6 is 10.7 Å². The molecular weight excluding hydrogens is 314 g/mol. The van der Waals surface area contributed by atoms with Gasteiger partial charge in [0.2, 0.25) is 0 Å². The zero-order valence-corrected chi connectivity index (χ0v) is 13.6. The molecule has 1 aliphatic rings. The molecule has 1 unspecified atom stereocenters. The van der Waals surface area contributed by atoms with E-state index in [1.807, 2.05) is 6.92 Å². The van der Waals surface area contributed by atoms with Crippen molar-refractivity contribution in [2.24, 2.45) is 0 Å². The van der Waals surface area contributed by atoms with E-state index in [1.54, 1.807) is 19.1 Å². The molecule has 7 heteroatoms. The standard InChI is InChI=1S/C14H18ClNO4S/c1-10-4-5-11(8-12(10)21(15,18)19)13(17)16-9-14(2)6-3-7-20-14/h4-5,8H,3,6-7,9H2,1-2H3,(H,16,17). The van der Waals surface area contributed by atoms with Crippen molar-refractivity contribution in [3.8, 4) is 0 Å². The van der Waals surface area contributed by atoms with Gasteiger partial charge in [-0.25, -0.2) is 8.42 Å². The van der Waals surface area contributed by atoms with Crippen molar-refractivity contribution < 1.29 is 17.9 Å². The maximum Gasteiger partial charge on any atom is 0.261 e. The molecule has 0 saturated carbocycles. The topological polar surface area (TPSA) is 72.5 Å². The fraction of sp³-hybridized carbons (Fsp3) is 0.500. The number of halogens is 1. The van der Waals surface area contributed by atoms with Gasteiger partial charge in [0.15, 0.2) is 0 Å². The maximum absolute atomic E-state index is 12.1. The van der Waals surface area contributed by atoms with Gasteiger partial charge in [-0.1, -0.05) is 6.07 Å². The molecule has 1 heterocycles. The fourth-order valence-electron chi connectivity index (χ4n) is 2.35. The van der Waals surface area contributed by atoms with Crippen LogP contribution in [0.1, 0.15) is 35.7 Å². The maximum atomic E-state index is 12.1. The average Bonchev–Trinajstić information content (AvgIpc) is 2.83. The Morgan fingerprint density at radius 3 is 2.76 bits per heavy atom. The molecule has 1 aromatic carbocycles. The summed E-state index contributed by atoms with van der Waals surface area (Å²) in [4.78, 5) is 12.1. The van der Waals surface area contributed by atoms with Gasteiger partial charge in [0.1, 0.15) is 0 Å². The molecule has 1 saturated heterocycles. The lowest BCUT2D eigenvalue weighted by Crippen LogP contribution is -2.40. The number of hydrogen-bond donors (Lipinski definition) is 1. The van der Waals surface area contributed by atoms with E-state index in [0.29, 0.717) is 18.7 Å². The molecule has 1 N–H and O–H groups in total. The molecule has 5 nitrogen and oxygen atoms in total. The van der Waals surface area contributed by atoms with Crippen LogP contribution in [0.5, 0.6) is 0 Å². The molecule has 0 spiro atoms. The van der Waals surface area contributed by atoms with E-state index >= 15 is 0 Å². The Morgan fingerprint density at radius 2 is 2.19 bits per heavy atom. The van der Waals surface area contributed by atoms with Crippen LogP contribution in [-0.4, -0.2) is 33.1 Å². The summed E-state index contributed by atoms with van der Waals surface area (Å²) in [5.41, 5.74) is 0.427. The van der Waals surface area contributed by atoms with Crippen molar-refractivity contribution in [2.45, 2.75) is 37.2 Å². The van der Waals surface area contributed by atoms with Crippen molar-refractivity contribution in [1.29, 1.82) is 0 Å². The van der Waals surface area contributed by atoms with Crippen LogP contribution in [0.4, 0.5) is 0 Å². The molecule has 1 amide bonds. The minimum absolute atomic E-state index is 0.0415. The third-order valence-corrected chi connectivity index (χ3v) is 5.10. The predicted octanol–water partition coefficient (Wildman–Crippen LogP) is 2.22. The van der Waals surface area contributed by atoms with Gasteiger partial charge in [0, 0.05) is 29.4 Å². The number of ether oxygens (including phenoxy) is 1. The van der Waals surface area contributed by atoms with E-state index < -0.39 is 9.05 Å². The van der Waals surface area contributed by atoms with E-state index in [-0.39, 0.29) is 22.0 Å². The van der Waals surface area contributed by atoms with Crippen molar-refractivity contribution >= 4 is 25.6 Å². The molecule has 0 radical (unpaired) electrons. The van der Waals surface area contributed by atoms with Gasteiger partial charge in [-0.15, -0.1) is 0 Å². The SMILES string of the molecule is Cc1ccc(C(=O)NCC2(C)CCCO2)cc1S(=O)(=O)Cl. The number of rotatable bonds is 4. The third-order valence-electron chi connectivity index (χ3n) is 3.64. The lowest BCUT2D eigenvalue weighted by atomic mass is 10.0. The Balaban J connectivity index is 2.13. The molecule has 2 rings (SSSR count). The second-order valence-corrected chi connectivity index (χ2v) is 8.04. The summed E-state index contributed by atoms with van der Waals surface area (Å²) in [6.45, 7) is 4.67. The van der Waals surface area contributed by atoms with Gasteiger partial charge in [0.05, 0.1) is 10.5 Å². The quantitative estimate of drug-likeness (QED) is 0.859. The van der Waals surface area contributed by atoms with Crippen molar-refractivity contribution in [3.63, 3.8) is 0 Å². The highest BCUT2D eigenvalue weighted by Gasteiger charge is 2.30. The summed E-state index contributed by atoms with van der Waals surface area (Å²) in [6.07, 6.45) is 1.87. The van der Waals surface area contributed by atoms with Crippen LogP contribution in [0.25, 0.3) is 0 Å². The van der Waals surface area contributed by atoms with Crippen molar-refractivity contribution in [1.82, 2.24) is 5.32 Å². The minimum Gasteiger partial charge on any atom is -0.373 e. The average molecular weight is 332 g/mol. The van der Waals surface area contributed by atoms with Gasteiger partial charge < -0.3 is 10.1 Å². The Labute approximate surface area is 129 Å². The normalized spacial score (nSPS) is 22.2. The van der Waals surface area contributed by atoms with Gasteiger partial charge >= 0.3 is 0 Å². The van der Waals surface area contributed by atoms with Crippen LogP contribution in [0.15, 0.2) is 23.1 Å². The Kier molecular flexibility index (Phi) is 4.60. The Morgan fingerprint density at radius 1 is 1.48 bits per heavy atom. The first-order valence-corrected chi connectivity index (χ1v) is 9.00. The zero-order valence-electron chi connectivity index (χ0n) is 12.0. The summed E-state index contributed by atoms with van der Waals surface area (Å²) < 4.78 is 28.5. The number of carbonyl (C=O) groups excluding carboxylic acids is 1. The van der Waals surface area contributed by atoms with Gasteiger partial charge in [-0.2, -0.15) is 0 Å². The number of hydrogen-bond acceptors (Lipinski definition) is 4. The monoisotopic (exact) mass is 331 g/mol. The molecule has 1 fully saturated rings. The Bertz CT molecular complexity index is 651. The first kappa shape index (κ1) is 16.3. The molecule has 1 aromatic rings. The Hall–Kier alpha value is -1.11. The van der Waals surface area contributed by atoms with E-state index in [2.05, 4.69) is 5.32 Å². The van der Waals surface area contributed by atoms with Crippen molar-refractivity contribution in [2.75, 3.05) is 13.2 Å². The van der Waals surface area contributed by atoms with Gasteiger partial charge in [-0.05, 0) is 44.4 Å². The first-order valence-electron chi connectivity index (χ1n) is 6.69. The summed E-state index contributed by atoms with van der Waals surface area (Å²) in [5.74, 6) is -0.340. The third kappa shape index (κ3) is 3.96. The molecular formula is C14H18ClNO4S. The molecule has 0 bridgehead atoms. The summed E-state index contributed by atoms with van der Waals surface area (Å²) in [6, 6.07) is 4.44. The van der Waals surface area contributed by atoms with Crippen LogP contribution in [0.2, 0.25) is 0 Å². The zero-order chi connectivity index (χ0) is 15.7. The van der Waals surface area contributed by atoms with Gasteiger partial charge in [-0.3, -0.25) is 4.79 Å². The highest BCUT2D eigenvalue weighted by Crippen LogP contribution is 2.24. The summed E-state index contributed by atoms with van der Waals surface area (Å²) in [7, 11) is 1.50. The largest absolute Gasteiger partial charge is 0.373 e. The molecule has 0 aliphatic carbocycles. The van der Waals surface area contributed by atoms with Crippen LogP contribution < -0.4 is 5.32 Å². The number of amides is 1. The number of nitrogens with one attached hydrogen (secondary N) is 1. The second-order valence-electron chi connectivity index (χ2n) is 5.50. The second kappa shape index (κ2) is 5.94. The van der Waals surface area contributed by atoms with Crippen LogP contribution in [0, 0.1) is 6.92 Å². The van der Waals surface area contributed by atoms with E-state index in [4.69, 9.17) is 15.4 Å². The molecule has 0 aromatic heterocycles. The van der Waals surface area contributed by atoms with Crippen LogP contribution in [0.3, 0.4) is 0 Å². The number of benzene rings is 1. The highest BCUT2D eigenvalue weighted by atomic mass is 35.7. The molecule has 1 atom stereocenters. The fourth-order valence-corrected chi connectivity index (χ4v) is 3.57. The van der Waals surface area contributed by atoms with Crippen LogP contribution in [-0.2, 0) is 13.8 Å². The highest BCUT2D eigenvalue weighted by molar-refractivity contribution is 8.13. The molecule has 1 aliphatic heterocycles.